The van der Waals surface area contributed by atoms with Crippen molar-refractivity contribution in [2.45, 2.75) is 53.0 Å². The van der Waals surface area contributed by atoms with Crippen molar-refractivity contribution in [2.75, 3.05) is 49.1 Å². The summed E-state index contributed by atoms with van der Waals surface area (Å²) in [7, 11) is 0. The number of benzene rings is 6. The van der Waals surface area contributed by atoms with Crippen LogP contribution in [-0.2, 0) is 13.2 Å². The fourth-order valence-corrected chi connectivity index (χ4v) is 10.6. The van der Waals surface area contributed by atoms with Crippen molar-refractivity contribution in [3.63, 3.8) is 0 Å². The van der Waals surface area contributed by atoms with Crippen LogP contribution in [0.4, 0.5) is 11.4 Å². The molecule has 1 amide bonds. The Morgan fingerprint density at radius 2 is 1.00 bits per heavy atom. The molecule has 0 radical (unpaired) electrons. The van der Waals surface area contributed by atoms with E-state index in [0.29, 0.717) is 86.3 Å². The molecule has 8 aromatic rings. The number of piperazine rings is 2. The van der Waals surface area contributed by atoms with Gasteiger partial charge in [-0.3, -0.25) is 4.79 Å². The summed E-state index contributed by atoms with van der Waals surface area (Å²) in [5.41, 5.74) is 9.18. The molecule has 400 valence electrons. The van der Waals surface area contributed by atoms with Crippen molar-refractivity contribution in [3.8, 4) is 0 Å². The third kappa shape index (κ3) is 14.2. The molecule has 0 saturated carbocycles. The van der Waals surface area contributed by atoms with Gasteiger partial charge in [0.05, 0.1) is 61.8 Å². The van der Waals surface area contributed by atoms with E-state index in [4.69, 9.17) is 84.4 Å². The minimum absolute atomic E-state index is 0.0737. The molecule has 0 spiro atoms. The monoisotopic (exact) mass is 1150 g/mol. The maximum absolute atomic E-state index is 13.8. The van der Waals surface area contributed by atoms with Gasteiger partial charge < -0.3 is 34.8 Å². The predicted octanol–water partition coefficient (Wildman–Crippen LogP) is 13.4. The summed E-state index contributed by atoms with van der Waals surface area (Å²) in [5.74, 6) is -1.06. The van der Waals surface area contributed by atoms with Crippen LogP contribution < -0.4 is 24.8 Å². The van der Waals surface area contributed by atoms with Gasteiger partial charge in [0.2, 0.25) is 0 Å². The van der Waals surface area contributed by atoms with Gasteiger partial charge in [-0.2, -0.15) is 0 Å². The first-order chi connectivity index (χ1) is 37.1. The van der Waals surface area contributed by atoms with E-state index in [1.54, 1.807) is 26.0 Å². The topological polar surface area (TPSA) is 130 Å². The van der Waals surface area contributed by atoms with E-state index in [9.17, 15) is 9.59 Å². The Morgan fingerprint density at radius 3 is 1.47 bits per heavy atom. The number of nitrogens with zero attached hydrogens (tertiary/aromatic N) is 7. The molecule has 0 aliphatic carbocycles. The maximum Gasteiger partial charge on any atom is 0.339 e. The van der Waals surface area contributed by atoms with E-state index in [1.807, 2.05) is 140 Å². The Labute approximate surface area is 478 Å². The van der Waals surface area contributed by atoms with Crippen LogP contribution in [-0.4, -0.2) is 81.0 Å². The molecule has 0 bridgehead atoms. The number of hydrogen-bond acceptors (Lipinski definition) is 9. The number of nitrogens with one attached hydrogen (secondary N) is 1. The lowest BCUT2D eigenvalue weighted by Crippen LogP contribution is -2.51. The van der Waals surface area contributed by atoms with E-state index in [1.165, 1.54) is 15.3 Å². The summed E-state index contributed by atoms with van der Waals surface area (Å²) in [6, 6.07) is 46.4. The number of carbonyl (C=O) groups excluding carboxylic acids is 1. The average Bonchev–Trinajstić information content (AvgIpc) is 3.89. The van der Waals surface area contributed by atoms with Crippen LogP contribution in [0.5, 0.6) is 0 Å². The Bertz CT molecular complexity index is 3290. The molecule has 2 unspecified atom stereocenters. The molecule has 2 atom stereocenters. The molecule has 6 aromatic carbocycles. The number of aromatic carboxylic acids is 1. The summed E-state index contributed by atoms with van der Waals surface area (Å²) in [5, 5.41) is 24.9. The molecular formula is C58H56Cl6N8O5. The summed E-state index contributed by atoms with van der Waals surface area (Å²) in [6.07, 6.45) is 0. The summed E-state index contributed by atoms with van der Waals surface area (Å²) in [4.78, 5) is 45.4. The van der Waals surface area contributed by atoms with Gasteiger partial charge in [-0.25, -0.2) is 4.79 Å². The fraction of sp³-hybridized carbons (Fsp3) is 0.241. The van der Waals surface area contributed by atoms with Crippen LogP contribution in [0, 0.1) is 27.7 Å². The van der Waals surface area contributed by atoms with Crippen LogP contribution in [0.1, 0.15) is 77.8 Å². The van der Waals surface area contributed by atoms with Gasteiger partial charge in [-0.1, -0.05) is 155 Å². The lowest BCUT2D eigenvalue weighted by molar-refractivity contribution is 0.0625. The number of halogens is 6. The Morgan fingerprint density at radius 1 is 0.558 bits per heavy atom. The van der Waals surface area contributed by atoms with Crippen LogP contribution in [0.25, 0.3) is 0 Å². The van der Waals surface area contributed by atoms with Crippen molar-refractivity contribution in [1.82, 2.24) is 30.1 Å². The number of amides is 1. The van der Waals surface area contributed by atoms with Crippen molar-refractivity contribution in [3.05, 3.63) is 232 Å². The molecule has 10 rings (SSSR count). The number of aromatic nitrogens is 4. The van der Waals surface area contributed by atoms with Crippen molar-refractivity contribution < 1.29 is 24.4 Å². The Hall–Kier alpha value is -6.42. The summed E-state index contributed by atoms with van der Waals surface area (Å²) >= 11 is 37.3. The third-order valence-electron chi connectivity index (χ3n) is 13.2. The highest BCUT2D eigenvalue weighted by atomic mass is 35.5. The highest BCUT2D eigenvalue weighted by Crippen LogP contribution is 2.38. The standard InChI is InChI=1S/C29H27Cl3N4O2.C16H15Cl3N2.C13H14N2O3/c1-19-28(20(2)36(33-19)38-18-21-6-4-3-5-7-21)29(37)34-14-15-35(26-13-12-24(31)16-25(26)32)27(17-34)22-8-10-23(30)11-9-22;17-12-3-1-11(2-4-12)16-10-20-7-8-21(16)15-6-5-13(18)9-14(15)19;1-9-12(13(16)17)10(2)15(14-9)18-8-11-6-4-3-5-7-11/h3-13,16,27H,14-15,17-18H2,1-2H3;1-6,9,16,20H,7-8,10H2;3-7H,8H2,1-2H3,(H,16,17). The minimum atomic E-state index is -0.987. The van der Waals surface area contributed by atoms with Crippen LogP contribution >= 0.6 is 69.6 Å². The molecule has 4 heterocycles. The van der Waals surface area contributed by atoms with E-state index in [0.717, 1.165) is 52.7 Å². The summed E-state index contributed by atoms with van der Waals surface area (Å²) in [6.45, 7) is 12.0. The van der Waals surface area contributed by atoms with Crippen LogP contribution in [0.3, 0.4) is 0 Å². The van der Waals surface area contributed by atoms with Gasteiger partial charge in [0.25, 0.3) is 5.91 Å². The fourth-order valence-electron chi connectivity index (χ4n) is 9.32. The zero-order valence-electron chi connectivity index (χ0n) is 42.6. The Balaban J connectivity index is 0.000000169. The second-order valence-electron chi connectivity index (χ2n) is 18.3. The number of carbonyl (C=O) groups is 2. The second kappa shape index (κ2) is 26.3. The minimum Gasteiger partial charge on any atom is -0.478 e. The zero-order chi connectivity index (χ0) is 54.8. The number of carboxylic acid groups (broad SMARTS) is 1. The molecule has 13 nitrogen and oxygen atoms in total. The van der Waals surface area contributed by atoms with Gasteiger partial charge in [0.15, 0.2) is 0 Å². The third-order valence-corrected chi connectivity index (χ3v) is 14.8. The molecule has 19 heteroatoms. The smallest absolute Gasteiger partial charge is 0.339 e. The second-order valence-corrected chi connectivity index (χ2v) is 20.9. The molecule has 2 aliphatic heterocycles. The van der Waals surface area contributed by atoms with Crippen molar-refractivity contribution in [2.24, 2.45) is 0 Å². The normalized spacial score (nSPS) is 15.2. The molecule has 2 aromatic heterocycles. The number of carboxylic acids is 1. The van der Waals surface area contributed by atoms with Gasteiger partial charge >= 0.3 is 5.97 Å². The quantitative estimate of drug-likeness (QED) is 0.122. The van der Waals surface area contributed by atoms with Gasteiger partial charge in [0.1, 0.15) is 18.8 Å². The largest absolute Gasteiger partial charge is 0.478 e. The first kappa shape index (κ1) is 56.8. The zero-order valence-corrected chi connectivity index (χ0v) is 47.2. The lowest BCUT2D eigenvalue weighted by atomic mass is 10.0. The average molecular weight is 1160 g/mol. The molecule has 77 heavy (non-hydrogen) atoms. The Kier molecular flexibility index (Phi) is 19.4. The van der Waals surface area contributed by atoms with Crippen molar-refractivity contribution >= 4 is 92.9 Å². The first-order valence-electron chi connectivity index (χ1n) is 24.7. The first-order valence-corrected chi connectivity index (χ1v) is 27.0. The lowest BCUT2D eigenvalue weighted by Gasteiger charge is -2.43. The SMILES string of the molecule is Cc1nn(OCc2ccccc2)c(C)c1C(=O)N1CCN(c2ccc(Cl)cc2Cl)C(c2ccc(Cl)cc2)C1.Cc1nn(OCc2ccccc2)c(C)c1C(=O)O.Clc1ccc(C2CNCCN2c2ccc(Cl)cc2Cl)cc1. The van der Waals surface area contributed by atoms with Crippen LogP contribution in [0.2, 0.25) is 30.1 Å². The highest BCUT2D eigenvalue weighted by Gasteiger charge is 2.35. The molecule has 2 fully saturated rings. The van der Waals surface area contributed by atoms with E-state index in [2.05, 4.69) is 37.4 Å². The maximum atomic E-state index is 13.8. The molecule has 2 saturated heterocycles. The van der Waals surface area contributed by atoms with Crippen molar-refractivity contribution in [1.29, 1.82) is 0 Å². The predicted molar refractivity (Wildman–Crippen MR) is 309 cm³/mol. The van der Waals surface area contributed by atoms with Gasteiger partial charge in [-0.05, 0) is 111 Å². The summed E-state index contributed by atoms with van der Waals surface area (Å²) < 4.78 is 0. The number of anilines is 2. The van der Waals surface area contributed by atoms with Gasteiger partial charge in [-0.15, -0.1) is 19.9 Å². The molecule has 2 N–H and O–H groups in total. The van der Waals surface area contributed by atoms with E-state index in [-0.39, 0.29) is 23.6 Å². The molecular weight excluding hydrogens is 1100 g/mol. The number of rotatable bonds is 12. The van der Waals surface area contributed by atoms with E-state index < -0.39 is 5.97 Å². The van der Waals surface area contributed by atoms with E-state index >= 15 is 0 Å². The highest BCUT2D eigenvalue weighted by molar-refractivity contribution is 6.37. The van der Waals surface area contributed by atoms with Gasteiger partial charge in [0, 0.05) is 59.4 Å². The number of aryl methyl sites for hydroxylation is 2. The van der Waals surface area contributed by atoms with Crippen LogP contribution in [0.15, 0.2) is 146 Å². The number of hydrogen-bond donors (Lipinski definition) is 2. The molecule has 2 aliphatic rings.